The molecule has 0 bridgehead atoms. The average Bonchev–Trinajstić information content (AvgIpc) is 2.39. The van der Waals surface area contributed by atoms with Gasteiger partial charge in [-0.05, 0) is 12.3 Å². The molecule has 1 rings (SSSR count). The van der Waals surface area contributed by atoms with E-state index in [1.165, 1.54) is 12.8 Å². The molecule has 0 fully saturated rings. The molecule has 1 aliphatic rings. The second kappa shape index (κ2) is 8.54. The first-order valence-corrected chi connectivity index (χ1v) is 10.4. The summed E-state index contributed by atoms with van der Waals surface area (Å²) >= 11 is -0.826. The fraction of sp³-hybridized carbons (Fsp3) is 0.556. The van der Waals surface area contributed by atoms with E-state index in [1.54, 1.807) is 5.57 Å². The zero-order chi connectivity index (χ0) is 9.40. The van der Waals surface area contributed by atoms with Crippen molar-refractivity contribution in [3.63, 3.8) is 0 Å². The summed E-state index contributed by atoms with van der Waals surface area (Å²) in [6.07, 6.45) is 9.21. The quantitative estimate of drug-likeness (QED) is 0.709. The standard InChI is InChI=1S/C9H14.2ClH.Zr/c1-3-5-9-7-4-6-8(9)2;;;/h4,6-8H,3,5H2,1-2H3;2*1H;/q;;;+2/p-2. The van der Waals surface area contributed by atoms with Gasteiger partial charge in [-0.25, -0.2) is 0 Å². The Labute approximate surface area is 93.7 Å². The zero-order valence-electron chi connectivity index (χ0n) is 7.48. The molecule has 0 aromatic carbocycles. The van der Waals surface area contributed by atoms with Crippen molar-refractivity contribution in [2.75, 3.05) is 0 Å². The molecule has 0 radical (unpaired) electrons. The van der Waals surface area contributed by atoms with Crippen LogP contribution >= 0.6 is 17.0 Å². The van der Waals surface area contributed by atoms with Gasteiger partial charge in [0.2, 0.25) is 0 Å². The molecule has 12 heavy (non-hydrogen) atoms. The Morgan fingerprint density at radius 3 is 2.42 bits per heavy atom. The van der Waals surface area contributed by atoms with Crippen molar-refractivity contribution >= 4 is 17.0 Å². The molecule has 1 unspecified atom stereocenters. The van der Waals surface area contributed by atoms with Crippen molar-refractivity contribution in [2.45, 2.75) is 26.7 Å². The summed E-state index contributed by atoms with van der Waals surface area (Å²) in [5.41, 5.74) is 1.59. The molecule has 0 nitrogen and oxygen atoms in total. The third kappa shape index (κ3) is 5.57. The third-order valence-corrected chi connectivity index (χ3v) is 1.83. The molecule has 0 heterocycles. The van der Waals surface area contributed by atoms with E-state index in [2.05, 4.69) is 32.1 Å². The van der Waals surface area contributed by atoms with Crippen LogP contribution in [0.1, 0.15) is 26.7 Å². The van der Waals surface area contributed by atoms with Gasteiger partial charge in [0.25, 0.3) is 0 Å². The monoisotopic (exact) mass is 282 g/mol. The minimum absolute atomic E-state index is 0.713. The third-order valence-electron chi connectivity index (χ3n) is 1.83. The Bertz CT molecular complexity index is 164. The molecule has 1 aliphatic carbocycles. The molecular formula is C9H14Cl2Zr. The summed E-state index contributed by atoms with van der Waals surface area (Å²) < 4.78 is 0. The molecule has 0 aromatic rings. The first-order chi connectivity index (χ1) is 5.76. The van der Waals surface area contributed by atoms with Crippen molar-refractivity contribution in [1.29, 1.82) is 0 Å². The van der Waals surface area contributed by atoms with Crippen LogP contribution in [-0.4, -0.2) is 0 Å². The van der Waals surface area contributed by atoms with Gasteiger partial charge in [0.15, 0.2) is 0 Å². The van der Waals surface area contributed by atoms with Crippen LogP contribution in [0.25, 0.3) is 0 Å². The number of hydrogen-bond acceptors (Lipinski definition) is 0. The van der Waals surface area contributed by atoms with Gasteiger partial charge in [-0.15, -0.1) is 0 Å². The maximum atomic E-state index is 4.93. The van der Waals surface area contributed by atoms with Crippen molar-refractivity contribution in [2.24, 2.45) is 5.92 Å². The van der Waals surface area contributed by atoms with Gasteiger partial charge in [0, 0.05) is 0 Å². The minimum atomic E-state index is -0.826. The van der Waals surface area contributed by atoms with Crippen molar-refractivity contribution in [1.82, 2.24) is 0 Å². The van der Waals surface area contributed by atoms with Gasteiger partial charge < -0.3 is 0 Å². The summed E-state index contributed by atoms with van der Waals surface area (Å²) in [5, 5.41) is 0. The average molecular weight is 284 g/mol. The van der Waals surface area contributed by atoms with E-state index in [1.807, 2.05) is 0 Å². The maximum absolute atomic E-state index is 4.93. The van der Waals surface area contributed by atoms with Crippen LogP contribution in [0.5, 0.6) is 0 Å². The zero-order valence-corrected chi connectivity index (χ0v) is 11.4. The Balaban J connectivity index is 0.000000354. The molecule has 0 amide bonds. The van der Waals surface area contributed by atoms with Crippen LogP contribution in [0.2, 0.25) is 0 Å². The molecule has 0 aromatic heterocycles. The molecule has 0 N–H and O–H groups in total. The molecule has 0 aliphatic heterocycles. The van der Waals surface area contributed by atoms with E-state index in [9.17, 15) is 0 Å². The van der Waals surface area contributed by atoms with E-state index < -0.39 is 20.8 Å². The molecule has 0 spiro atoms. The van der Waals surface area contributed by atoms with Gasteiger partial charge in [0.05, 0.1) is 0 Å². The summed E-state index contributed by atoms with van der Waals surface area (Å²) in [4.78, 5) is 0. The van der Waals surface area contributed by atoms with Crippen LogP contribution in [0.15, 0.2) is 23.8 Å². The van der Waals surface area contributed by atoms with Crippen LogP contribution < -0.4 is 0 Å². The van der Waals surface area contributed by atoms with E-state index in [0.717, 1.165) is 0 Å². The summed E-state index contributed by atoms with van der Waals surface area (Å²) in [6, 6.07) is 0. The predicted molar refractivity (Wildman–Crippen MR) is 53.0 cm³/mol. The molecule has 3 heteroatoms. The number of halogens is 2. The van der Waals surface area contributed by atoms with Gasteiger partial charge in [-0.2, -0.15) is 0 Å². The number of allylic oxidation sites excluding steroid dienone is 4. The van der Waals surface area contributed by atoms with Crippen LogP contribution in [0.3, 0.4) is 0 Å². The number of rotatable bonds is 2. The summed E-state index contributed by atoms with van der Waals surface area (Å²) in [7, 11) is 9.87. The molecule has 68 valence electrons. The first kappa shape index (κ1) is 12.9. The normalized spacial score (nSPS) is 19.7. The van der Waals surface area contributed by atoms with Gasteiger partial charge in [-0.1, -0.05) is 44.1 Å². The van der Waals surface area contributed by atoms with Crippen molar-refractivity contribution in [3.05, 3.63) is 23.8 Å². The fourth-order valence-electron chi connectivity index (χ4n) is 1.22. The van der Waals surface area contributed by atoms with Crippen LogP contribution in [0, 0.1) is 5.92 Å². The van der Waals surface area contributed by atoms with Crippen molar-refractivity contribution in [3.8, 4) is 0 Å². The number of hydrogen-bond donors (Lipinski definition) is 0. The topological polar surface area (TPSA) is 0 Å². The van der Waals surface area contributed by atoms with Crippen LogP contribution in [0.4, 0.5) is 0 Å². The summed E-state index contributed by atoms with van der Waals surface area (Å²) in [6.45, 7) is 4.48. The second-order valence-corrected chi connectivity index (χ2v) is 6.47. The molecule has 0 saturated carbocycles. The Morgan fingerprint density at radius 1 is 1.50 bits per heavy atom. The first-order valence-electron chi connectivity index (χ1n) is 4.09. The Morgan fingerprint density at radius 2 is 2.08 bits per heavy atom. The van der Waals surface area contributed by atoms with Crippen molar-refractivity contribution < 1.29 is 20.8 Å². The van der Waals surface area contributed by atoms with Gasteiger partial charge in [-0.3, -0.25) is 0 Å². The molecular weight excluding hydrogens is 270 g/mol. The Hall–Kier alpha value is 0.943. The molecule has 0 saturated heterocycles. The van der Waals surface area contributed by atoms with Crippen LogP contribution in [-0.2, 0) is 20.8 Å². The predicted octanol–water partition coefficient (Wildman–Crippen LogP) is 4.30. The Kier molecular flexibility index (Phi) is 9.21. The SMILES string of the molecule is CCCC1=CC=CC1C.[Cl][Zr][Cl]. The van der Waals surface area contributed by atoms with E-state index in [4.69, 9.17) is 17.0 Å². The summed E-state index contributed by atoms with van der Waals surface area (Å²) in [5.74, 6) is 0.713. The van der Waals surface area contributed by atoms with Gasteiger partial charge >= 0.3 is 37.9 Å². The molecule has 1 atom stereocenters. The second-order valence-electron chi connectivity index (χ2n) is 2.74. The van der Waals surface area contributed by atoms with E-state index in [-0.39, 0.29) is 0 Å². The van der Waals surface area contributed by atoms with E-state index in [0.29, 0.717) is 5.92 Å². The van der Waals surface area contributed by atoms with E-state index >= 15 is 0 Å². The van der Waals surface area contributed by atoms with Gasteiger partial charge in [0.1, 0.15) is 0 Å². The fourth-order valence-corrected chi connectivity index (χ4v) is 1.22.